The number of hydrogen-bond acceptors (Lipinski definition) is 3. The molecule has 0 amide bonds. The van der Waals surface area contributed by atoms with Crippen LogP contribution in [0.25, 0.3) is 0 Å². The molecule has 0 saturated heterocycles. The molecule has 0 aromatic carbocycles. The number of unbranched alkanes of at least 4 members (excludes halogenated alkanes) is 1. The van der Waals surface area contributed by atoms with E-state index < -0.39 is 0 Å². The second-order valence-corrected chi connectivity index (χ2v) is 2.17. The summed E-state index contributed by atoms with van der Waals surface area (Å²) in [6, 6.07) is 0. The Morgan fingerprint density at radius 3 is 3.09 bits per heavy atom. The van der Waals surface area contributed by atoms with E-state index >= 15 is 0 Å². The Kier molecular flexibility index (Phi) is 3.38. The zero-order valence-corrected chi connectivity index (χ0v) is 6.36. The summed E-state index contributed by atoms with van der Waals surface area (Å²) < 4.78 is 4.56. The quantitative estimate of drug-likeness (QED) is 0.616. The van der Waals surface area contributed by atoms with Gasteiger partial charge in [-0.3, -0.25) is 0 Å². The molecule has 11 heavy (non-hydrogen) atoms. The molecule has 0 N–H and O–H groups in total. The summed E-state index contributed by atoms with van der Waals surface area (Å²) in [5, 5.41) is 3.66. The molecule has 0 aliphatic rings. The molecule has 0 aliphatic carbocycles. The first-order valence-corrected chi connectivity index (χ1v) is 3.63. The molecule has 1 heterocycles. The fraction of sp³-hybridized carbons (Fsp3) is 0.375. The smallest absolute Gasteiger partial charge is 0.213 e. The van der Waals surface area contributed by atoms with Gasteiger partial charge in [0.15, 0.2) is 5.82 Å². The van der Waals surface area contributed by atoms with Crippen LogP contribution in [0.5, 0.6) is 0 Å². The van der Waals surface area contributed by atoms with Gasteiger partial charge in [-0.05, 0) is 12.8 Å². The predicted octanol–water partition coefficient (Wildman–Crippen LogP) is 1.78. The fourth-order valence-electron chi connectivity index (χ4n) is 0.707. The summed E-state index contributed by atoms with van der Waals surface area (Å²) in [5.74, 6) is 0.727. The van der Waals surface area contributed by atoms with Crippen LogP contribution in [-0.4, -0.2) is 10.1 Å². The van der Waals surface area contributed by atoms with Gasteiger partial charge in [0.05, 0.1) is 0 Å². The minimum atomic E-state index is 0.727. The Bertz CT molecular complexity index is 204. The number of aromatic nitrogens is 2. The second-order valence-electron chi connectivity index (χ2n) is 2.17. The van der Waals surface area contributed by atoms with Crippen molar-refractivity contribution in [3.8, 4) is 0 Å². The van der Waals surface area contributed by atoms with Gasteiger partial charge in [0.25, 0.3) is 0 Å². The Hall–Kier alpha value is -1.12. The molecule has 0 saturated carbocycles. The van der Waals surface area contributed by atoms with Gasteiger partial charge in [-0.1, -0.05) is 24.2 Å². The van der Waals surface area contributed by atoms with Crippen molar-refractivity contribution in [3.63, 3.8) is 0 Å². The minimum Gasteiger partial charge on any atom is -0.343 e. The first-order valence-electron chi connectivity index (χ1n) is 3.63. The van der Waals surface area contributed by atoms with Crippen molar-refractivity contribution < 1.29 is 4.52 Å². The molecule has 0 bridgehead atoms. The Morgan fingerprint density at radius 1 is 1.55 bits per heavy atom. The Balaban J connectivity index is 2.23. The summed E-state index contributed by atoms with van der Waals surface area (Å²) in [4.78, 5) is 3.87. The maximum absolute atomic E-state index is 4.56. The van der Waals surface area contributed by atoms with Crippen LogP contribution in [0.15, 0.2) is 23.1 Å². The minimum absolute atomic E-state index is 0.727. The Morgan fingerprint density at radius 2 is 2.45 bits per heavy atom. The summed E-state index contributed by atoms with van der Waals surface area (Å²) in [7, 11) is 0. The first-order chi connectivity index (χ1) is 5.43. The molecule has 59 valence electrons. The van der Waals surface area contributed by atoms with Crippen LogP contribution in [-0.2, 0) is 6.42 Å². The van der Waals surface area contributed by atoms with E-state index in [0.29, 0.717) is 0 Å². The van der Waals surface area contributed by atoms with Crippen LogP contribution < -0.4 is 0 Å². The third-order valence-electron chi connectivity index (χ3n) is 1.24. The van der Waals surface area contributed by atoms with Crippen molar-refractivity contribution in [2.45, 2.75) is 19.3 Å². The van der Waals surface area contributed by atoms with Gasteiger partial charge in [0, 0.05) is 6.42 Å². The molecule has 0 atom stereocenters. The maximum Gasteiger partial charge on any atom is 0.213 e. The van der Waals surface area contributed by atoms with Gasteiger partial charge in [-0.25, -0.2) is 0 Å². The van der Waals surface area contributed by atoms with E-state index in [9.17, 15) is 0 Å². The van der Waals surface area contributed by atoms with Crippen LogP contribution >= 0.6 is 0 Å². The highest BCUT2D eigenvalue weighted by Crippen LogP contribution is 1.93. The van der Waals surface area contributed by atoms with Gasteiger partial charge in [0.1, 0.15) is 0 Å². The van der Waals surface area contributed by atoms with Gasteiger partial charge in [-0.2, -0.15) is 4.98 Å². The van der Waals surface area contributed by atoms with Crippen LogP contribution in [0.2, 0.25) is 0 Å². The maximum atomic E-state index is 4.56. The molecule has 1 rings (SSSR count). The number of nitrogens with zero attached hydrogens (tertiary/aromatic N) is 2. The van der Waals surface area contributed by atoms with E-state index in [-0.39, 0.29) is 0 Å². The van der Waals surface area contributed by atoms with Crippen molar-refractivity contribution in [1.29, 1.82) is 0 Å². The van der Waals surface area contributed by atoms with Gasteiger partial charge in [-0.15, -0.1) is 0 Å². The van der Waals surface area contributed by atoms with E-state index in [1.165, 1.54) is 6.39 Å². The Labute approximate surface area is 66.1 Å². The standard InChI is InChI=1S/C8H11N2O/c1-2-3-4-5-6-8-9-7-11-10-8/h4-5,7H,1-3,6H2. The van der Waals surface area contributed by atoms with Crippen LogP contribution in [0, 0.1) is 6.92 Å². The first kappa shape index (κ1) is 7.98. The fourth-order valence-corrected chi connectivity index (χ4v) is 0.707. The molecule has 0 fully saturated rings. The summed E-state index contributed by atoms with van der Waals surface area (Å²) in [6.45, 7) is 3.72. The van der Waals surface area contributed by atoms with Crippen molar-refractivity contribution in [3.05, 3.63) is 31.3 Å². The number of allylic oxidation sites excluding steroid dienone is 2. The lowest BCUT2D eigenvalue weighted by molar-refractivity contribution is 0.411. The van der Waals surface area contributed by atoms with Gasteiger partial charge >= 0.3 is 0 Å². The second kappa shape index (κ2) is 4.66. The van der Waals surface area contributed by atoms with Crippen molar-refractivity contribution in [2.24, 2.45) is 0 Å². The average molecular weight is 151 g/mol. The van der Waals surface area contributed by atoms with Crippen molar-refractivity contribution in [1.82, 2.24) is 10.1 Å². The topological polar surface area (TPSA) is 38.9 Å². The summed E-state index contributed by atoms with van der Waals surface area (Å²) >= 11 is 0. The molecular formula is C8H11N2O. The lowest BCUT2D eigenvalue weighted by Crippen LogP contribution is -1.82. The van der Waals surface area contributed by atoms with Gasteiger partial charge in [0.2, 0.25) is 6.39 Å². The largest absolute Gasteiger partial charge is 0.343 e. The third-order valence-corrected chi connectivity index (χ3v) is 1.24. The van der Waals surface area contributed by atoms with Gasteiger partial charge < -0.3 is 4.52 Å². The highest BCUT2D eigenvalue weighted by atomic mass is 16.5. The lowest BCUT2D eigenvalue weighted by Gasteiger charge is -1.83. The molecule has 1 radical (unpaired) electrons. The highest BCUT2D eigenvalue weighted by molar-refractivity contribution is 4.92. The van der Waals surface area contributed by atoms with E-state index in [1.54, 1.807) is 0 Å². The number of hydrogen-bond donors (Lipinski definition) is 0. The monoisotopic (exact) mass is 151 g/mol. The number of rotatable bonds is 4. The average Bonchev–Trinajstić information content (AvgIpc) is 2.50. The van der Waals surface area contributed by atoms with E-state index in [2.05, 4.69) is 27.7 Å². The molecule has 1 aromatic rings. The van der Waals surface area contributed by atoms with E-state index in [0.717, 1.165) is 25.1 Å². The van der Waals surface area contributed by atoms with Crippen molar-refractivity contribution in [2.75, 3.05) is 0 Å². The van der Waals surface area contributed by atoms with Crippen LogP contribution in [0.1, 0.15) is 18.7 Å². The zero-order chi connectivity index (χ0) is 7.94. The zero-order valence-electron chi connectivity index (χ0n) is 6.36. The predicted molar refractivity (Wildman–Crippen MR) is 41.7 cm³/mol. The third kappa shape index (κ3) is 2.98. The molecule has 0 unspecified atom stereocenters. The molecular weight excluding hydrogens is 140 g/mol. The lowest BCUT2D eigenvalue weighted by atomic mass is 10.3. The molecule has 0 aliphatic heterocycles. The summed E-state index contributed by atoms with van der Waals surface area (Å²) in [5.41, 5.74) is 0. The normalized spacial score (nSPS) is 11.0. The summed E-state index contributed by atoms with van der Waals surface area (Å²) in [6.07, 6.45) is 8.13. The molecule has 3 nitrogen and oxygen atoms in total. The van der Waals surface area contributed by atoms with E-state index in [4.69, 9.17) is 0 Å². The molecule has 0 spiro atoms. The molecule has 3 heteroatoms. The van der Waals surface area contributed by atoms with E-state index in [1.807, 2.05) is 6.08 Å². The van der Waals surface area contributed by atoms with Crippen LogP contribution in [0.3, 0.4) is 0 Å². The molecule has 1 aromatic heterocycles. The van der Waals surface area contributed by atoms with Crippen LogP contribution in [0.4, 0.5) is 0 Å². The SMILES string of the molecule is [CH2]CCC=CCc1ncon1. The van der Waals surface area contributed by atoms with Crippen molar-refractivity contribution >= 4 is 0 Å². The highest BCUT2D eigenvalue weighted by Gasteiger charge is 1.91.